The zero-order valence-corrected chi connectivity index (χ0v) is 17.7. The van der Waals surface area contributed by atoms with E-state index in [-0.39, 0.29) is 11.5 Å². The summed E-state index contributed by atoms with van der Waals surface area (Å²) in [6.45, 7) is 13.4. The molecule has 1 aromatic heterocycles. The van der Waals surface area contributed by atoms with E-state index in [2.05, 4.69) is 58.6 Å². The summed E-state index contributed by atoms with van der Waals surface area (Å²) >= 11 is 0. The zero-order chi connectivity index (χ0) is 19.9. The number of pyridine rings is 1. The van der Waals surface area contributed by atoms with Gasteiger partial charge in [0.05, 0.1) is 18.4 Å². The van der Waals surface area contributed by atoms with Crippen molar-refractivity contribution in [2.24, 2.45) is 11.3 Å². The van der Waals surface area contributed by atoms with E-state index in [0.29, 0.717) is 24.7 Å². The molecule has 0 aliphatic heterocycles. The summed E-state index contributed by atoms with van der Waals surface area (Å²) in [5, 5.41) is 0. The van der Waals surface area contributed by atoms with Crippen molar-refractivity contribution in [2.75, 3.05) is 6.61 Å². The van der Waals surface area contributed by atoms with Crippen LogP contribution in [0, 0.1) is 23.4 Å². The highest BCUT2D eigenvalue weighted by Crippen LogP contribution is 2.29. The first-order valence-electron chi connectivity index (χ1n) is 10.1. The molecule has 0 unspecified atom stereocenters. The molecule has 0 aromatic carbocycles. The van der Waals surface area contributed by atoms with Gasteiger partial charge in [-0.05, 0) is 58.6 Å². The Bertz CT molecular complexity index is 616. The van der Waals surface area contributed by atoms with Gasteiger partial charge in [0.15, 0.2) is 0 Å². The second-order valence-corrected chi connectivity index (χ2v) is 8.83. The van der Waals surface area contributed by atoms with Gasteiger partial charge in [0.1, 0.15) is 24.6 Å². The lowest BCUT2D eigenvalue weighted by Crippen LogP contribution is -2.41. The highest BCUT2D eigenvalue weighted by atomic mass is 16.5. The monoisotopic (exact) mass is 373 g/mol. The van der Waals surface area contributed by atoms with Crippen molar-refractivity contribution < 1.29 is 14.2 Å². The van der Waals surface area contributed by atoms with Crippen molar-refractivity contribution in [3.05, 3.63) is 24.0 Å². The van der Waals surface area contributed by atoms with Gasteiger partial charge in [-0.15, -0.1) is 0 Å². The van der Waals surface area contributed by atoms with Crippen LogP contribution in [-0.2, 0) is 15.9 Å². The molecule has 0 radical (unpaired) electrons. The predicted octanol–water partition coefficient (Wildman–Crippen LogP) is 5.01. The standard InChI is InChI=1S/C23H35NO3/c1-17(2)18(3)26-21-14-22(15-21)27-20-10-9-19(24-16-20)8-7-12-25-13-11-23(4,5)6/h9-10,16-18,21-22H,7-8,12,14-15H2,1-6H3/t18-,21?,22?/m0/s1. The van der Waals surface area contributed by atoms with E-state index in [0.717, 1.165) is 37.1 Å². The molecule has 0 bridgehead atoms. The molecule has 1 heterocycles. The van der Waals surface area contributed by atoms with E-state index in [1.54, 1.807) is 0 Å². The smallest absolute Gasteiger partial charge is 0.138 e. The number of hydrogen-bond donors (Lipinski definition) is 0. The van der Waals surface area contributed by atoms with E-state index >= 15 is 0 Å². The van der Waals surface area contributed by atoms with Gasteiger partial charge < -0.3 is 14.2 Å². The molecule has 1 saturated carbocycles. The zero-order valence-electron chi connectivity index (χ0n) is 17.7. The van der Waals surface area contributed by atoms with Crippen LogP contribution < -0.4 is 4.74 Å². The maximum atomic E-state index is 6.01. The summed E-state index contributed by atoms with van der Waals surface area (Å²) in [4.78, 5) is 4.49. The summed E-state index contributed by atoms with van der Waals surface area (Å²) in [6, 6.07) is 4.04. The van der Waals surface area contributed by atoms with Crippen LogP contribution in [0.15, 0.2) is 18.3 Å². The van der Waals surface area contributed by atoms with Crippen LogP contribution in [0.25, 0.3) is 0 Å². The number of hydrogen-bond acceptors (Lipinski definition) is 4. The molecule has 1 aliphatic rings. The van der Waals surface area contributed by atoms with Crippen molar-refractivity contribution >= 4 is 0 Å². The number of aromatic nitrogens is 1. The number of nitrogens with zero attached hydrogens (tertiary/aromatic N) is 1. The Labute approximate surface area is 165 Å². The van der Waals surface area contributed by atoms with Gasteiger partial charge in [-0.1, -0.05) is 19.8 Å². The quantitative estimate of drug-likeness (QED) is 0.451. The predicted molar refractivity (Wildman–Crippen MR) is 109 cm³/mol. The molecule has 0 N–H and O–H groups in total. The minimum Gasteiger partial charge on any atom is -0.489 e. The van der Waals surface area contributed by atoms with Crippen LogP contribution >= 0.6 is 0 Å². The van der Waals surface area contributed by atoms with E-state index in [1.807, 2.05) is 18.3 Å². The van der Waals surface area contributed by atoms with Crippen molar-refractivity contribution in [3.8, 4) is 17.8 Å². The Hall–Kier alpha value is -1.73. The molecule has 27 heavy (non-hydrogen) atoms. The highest BCUT2D eigenvalue weighted by molar-refractivity contribution is 5.20. The molecule has 1 atom stereocenters. The molecule has 4 heteroatoms. The number of ether oxygens (including phenoxy) is 3. The Balaban J connectivity index is 1.62. The van der Waals surface area contributed by atoms with Crippen molar-refractivity contribution in [2.45, 2.75) is 85.5 Å². The second-order valence-electron chi connectivity index (χ2n) is 8.83. The van der Waals surface area contributed by atoms with Crippen molar-refractivity contribution in [1.29, 1.82) is 0 Å². The number of aryl methyl sites for hydroxylation is 1. The van der Waals surface area contributed by atoms with Gasteiger partial charge in [-0.25, -0.2) is 0 Å². The van der Waals surface area contributed by atoms with Crippen molar-refractivity contribution in [3.63, 3.8) is 0 Å². The summed E-state index contributed by atoms with van der Waals surface area (Å²) in [7, 11) is 0. The lowest BCUT2D eigenvalue weighted by Gasteiger charge is -2.37. The van der Waals surface area contributed by atoms with E-state index in [1.165, 1.54) is 0 Å². The third kappa shape index (κ3) is 8.22. The van der Waals surface area contributed by atoms with Crippen LogP contribution in [0.5, 0.6) is 5.75 Å². The second kappa shape index (κ2) is 9.99. The molecule has 1 aromatic rings. The Kier molecular flexibility index (Phi) is 7.98. The Morgan fingerprint density at radius 2 is 1.89 bits per heavy atom. The third-order valence-electron chi connectivity index (χ3n) is 4.68. The molecule has 1 aliphatic carbocycles. The molecule has 0 saturated heterocycles. The summed E-state index contributed by atoms with van der Waals surface area (Å²) < 4.78 is 17.3. The first-order chi connectivity index (χ1) is 12.7. The molecule has 1 fully saturated rings. The van der Waals surface area contributed by atoms with Gasteiger partial charge in [0.2, 0.25) is 0 Å². The number of rotatable bonds is 9. The molecule has 4 nitrogen and oxygen atoms in total. The average molecular weight is 374 g/mol. The minimum absolute atomic E-state index is 0.0172. The molecular weight excluding hydrogens is 338 g/mol. The fourth-order valence-electron chi connectivity index (χ4n) is 2.57. The third-order valence-corrected chi connectivity index (χ3v) is 4.68. The molecule has 0 spiro atoms. The average Bonchev–Trinajstić information content (AvgIpc) is 2.56. The van der Waals surface area contributed by atoms with E-state index in [9.17, 15) is 0 Å². The fraction of sp³-hybridized carbons (Fsp3) is 0.696. The van der Waals surface area contributed by atoms with Gasteiger partial charge in [-0.3, -0.25) is 4.98 Å². The van der Waals surface area contributed by atoms with Crippen LogP contribution in [0.4, 0.5) is 0 Å². The topological polar surface area (TPSA) is 40.6 Å². The lowest BCUT2D eigenvalue weighted by atomic mass is 9.91. The fourth-order valence-corrected chi connectivity index (χ4v) is 2.57. The van der Waals surface area contributed by atoms with E-state index in [4.69, 9.17) is 14.2 Å². The van der Waals surface area contributed by atoms with Gasteiger partial charge in [0, 0.05) is 24.0 Å². The highest BCUT2D eigenvalue weighted by Gasteiger charge is 2.33. The maximum absolute atomic E-state index is 6.01. The minimum atomic E-state index is -0.0172. The lowest BCUT2D eigenvalue weighted by molar-refractivity contribution is -0.103. The summed E-state index contributed by atoms with van der Waals surface area (Å²) in [5.74, 6) is 4.46. The molecule has 0 amide bonds. The van der Waals surface area contributed by atoms with Gasteiger partial charge >= 0.3 is 0 Å². The Morgan fingerprint density at radius 3 is 2.48 bits per heavy atom. The molecule has 2 rings (SSSR count). The normalized spacial score (nSPS) is 20.4. The first-order valence-corrected chi connectivity index (χ1v) is 10.1. The largest absolute Gasteiger partial charge is 0.489 e. The van der Waals surface area contributed by atoms with Crippen LogP contribution in [0.3, 0.4) is 0 Å². The molecule has 150 valence electrons. The summed E-state index contributed by atoms with van der Waals surface area (Å²) in [5.41, 5.74) is 1.03. The maximum Gasteiger partial charge on any atom is 0.138 e. The summed E-state index contributed by atoms with van der Waals surface area (Å²) in [6.07, 6.45) is 9.19. The van der Waals surface area contributed by atoms with Crippen molar-refractivity contribution in [1.82, 2.24) is 4.98 Å². The Morgan fingerprint density at radius 1 is 1.15 bits per heavy atom. The SMILES string of the molecule is CC(C)[C@H](C)OC1CC(Oc2ccc(CCCOC#CC(C)(C)C)nc2)C1. The van der Waals surface area contributed by atoms with Gasteiger partial charge in [-0.2, -0.15) is 0 Å². The van der Waals surface area contributed by atoms with Gasteiger partial charge in [0.25, 0.3) is 0 Å². The van der Waals surface area contributed by atoms with Crippen LogP contribution in [0.1, 0.15) is 66.5 Å². The van der Waals surface area contributed by atoms with Crippen LogP contribution in [0.2, 0.25) is 0 Å². The van der Waals surface area contributed by atoms with Crippen LogP contribution in [-0.4, -0.2) is 29.9 Å². The first kappa shape index (κ1) is 21.6. The molecular formula is C23H35NO3. The van der Waals surface area contributed by atoms with E-state index < -0.39 is 0 Å².